The molecule has 0 radical (unpaired) electrons. The maximum Gasteiger partial charge on any atom is 0.0713 e. The summed E-state index contributed by atoms with van der Waals surface area (Å²) in [5.74, 6) is 0. The molecule has 0 bridgehead atoms. The van der Waals surface area contributed by atoms with Crippen LogP contribution in [-0.2, 0) is 4.18 Å². The highest BCUT2D eigenvalue weighted by molar-refractivity contribution is 9.09. The third-order valence-electron chi connectivity index (χ3n) is 1.40. The first-order chi connectivity index (χ1) is 5.56. The fourth-order valence-electron chi connectivity index (χ4n) is 0.813. The normalized spacial score (nSPS) is 13.3. The van der Waals surface area contributed by atoms with Gasteiger partial charge in [0.2, 0.25) is 0 Å². The molecule has 4 heteroatoms. The number of rotatable bonds is 7. The number of halogens is 1. The van der Waals surface area contributed by atoms with Crippen molar-refractivity contribution in [3.63, 3.8) is 0 Å². The van der Waals surface area contributed by atoms with Crippen LogP contribution in [0, 0.1) is 0 Å². The first kappa shape index (κ1) is 12.8. The van der Waals surface area contributed by atoms with Crippen molar-refractivity contribution in [3.8, 4) is 0 Å². The number of hydrogen-bond acceptors (Lipinski definition) is 2. The van der Waals surface area contributed by atoms with Gasteiger partial charge in [-0.1, -0.05) is 28.8 Å². The number of hydrogen-bond donors (Lipinski definition) is 1. The quantitative estimate of drug-likeness (QED) is 0.560. The molecule has 1 N–H and O–H groups in total. The minimum Gasteiger partial charge on any atom is -0.300 e. The van der Waals surface area contributed by atoms with Crippen LogP contribution in [0.4, 0.5) is 0 Å². The SMILES string of the molecule is CS(C)(O)OCCCCCCBr. The molecule has 0 aliphatic rings. The average Bonchev–Trinajstić information content (AvgIpc) is 1.94. The Hall–Kier alpha value is 0.750. The van der Waals surface area contributed by atoms with Gasteiger partial charge in [-0.25, -0.2) is 0 Å². The highest BCUT2D eigenvalue weighted by Crippen LogP contribution is 2.35. The fraction of sp³-hybridized carbons (Fsp3) is 1.00. The van der Waals surface area contributed by atoms with E-state index in [-0.39, 0.29) is 0 Å². The van der Waals surface area contributed by atoms with Crippen molar-refractivity contribution >= 4 is 26.5 Å². The van der Waals surface area contributed by atoms with Crippen molar-refractivity contribution in [2.75, 3.05) is 24.4 Å². The zero-order valence-electron chi connectivity index (χ0n) is 7.88. The molecule has 0 aromatic carbocycles. The molecular formula is C8H19BrO2S. The second-order valence-corrected chi connectivity index (χ2v) is 6.50. The minimum atomic E-state index is -1.73. The van der Waals surface area contributed by atoms with E-state index in [4.69, 9.17) is 4.18 Å². The van der Waals surface area contributed by atoms with Gasteiger partial charge in [0.25, 0.3) is 0 Å². The summed E-state index contributed by atoms with van der Waals surface area (Å²) in [6, 6.07) is 0. The molecule has 0 atom stereocenters. The Morgan fingerprint density at radius 2 is 1.75 bits per heavy atom. The van der Waals surface area contributed by atoms with Gasteiger partial charge in [0, 0.05) is 17.8 Å². The predicted molar refractivity (Wildman–Crippen MR) is 60.3 cm³/mol. The highest BCUT2D eigenvalue weighted by Gasteiger charge is 1.99. The molecule has 0 aliphatic carbocycles. The lowest BCUT2D eigenvalue weighted by Crippen LogP contribution is -2.00. The molecule has 0 amide bonds. The van der Waals surface area contributed by atoms with Gasteiger partial charge in [-0.05, 0) is 12.8 Å². The monoisotopic (exact) mass is 258 g/mol. The van der Waals surface area contributed by atoms with Gasteiger partial charge >= 0.3 is 0 Å². The molecular weight excluding hydrogens is 240 g/mol. The molecule has 0 aliphatic heterocycles. The summed E-state index contributed by atoms with van der Waals surface area (Å²) in [5.41, 5.74) is 0. The van der Waals surface area contributed by atoms with Gasteiger partial charge in [-0.15, -0.1) is 0 Å². The van der Waals surface area contributed by atoms with E-state index in [1.54, 1.807) is 12.5 Å². The van der Waals surface area contributed by atoms with Crippen molar-refractivity contribution in [1.82, 2.24) is 0 Å². The maximum absolute atomic E-state index is 9.27. The maximum atomic E-state index is 9.27. The van der Waals surface area contributed by atoms with E-state index in [0.717, 1.165) is 11.8 Å². The van der Waals surface area contributed by atoms with Crippen molar-refractivity contribution in [2.45, 2.75) is 25.7 Å². The molecule has 0 saturated heterocycles. The second-order valence-electron chi connectivity index (χ2n) is 3.11. The second kappa shape index (κ2) is 7.18. The molecule has 0 rings (SSSR count). The third-order valence-corrected chi connectivity index (χ3v) is 2.70. The summed E-state index contributed by atoms with van der Waals surface area (Å²) in [6.07, 6.45) is 8.22. The average molecular weight is 259 g/mol. The van der Waals surface area contributed by atoms with Crippen LogP contribution in [0.1, 0.15) is 25.7 Å². The minimum absolute atomic E-state index is 0.696. The van der Waals surface area contributed by atoms with Crippen molar-refractivity contribution < 1.29 is 8.74 Å². The zero-order chi connectivity index (χ0) is 9.45. The Bertz CT molecular complexity index is 104. The molecule has 0 unspecified atom stereocenters. The van der Waals surface area contributed by atoms with Crippen molar-refractivity contribution in [3.05, 3.63) is 0 Å². The fourth-order valence-corrected chi connectivity index (χ4v) is 1.74. The third kappa shape index (κ3) is 10.8. The Labute approximate surface area is 85.5 Å². The van der Waals surface area contributed by atoms with E-state index in [1.807, 2.05) is 0 Å². The van der Waals surface area contributed by atoms with E-state index in [2.05, 4.69) is 15.9 Å². The lowest BCUT2D eigenvalue weighted by molar-refractivity contribution is 0.310. The Morgan fingerprint density at radius 3 is 2.25 bits per heavy atom. The van der Waals surface area contributed by atoms with E-state index in [0.29, 0.717) is 6.61 Å². The molecule has 76 valence electrons. The summed E-state index contributed by atoms with van der Waals surface area (Å²) in [5, 5.41) is 1.09. The van der Waals surface area contributed by atoms with Gasteiger partial charge < -0.3 is 0 Å². The van der Waals surface area contributed by atoms with Gasteiger partial charge in [0.1, 0.15) is 0 Å². The van der Waals surface area contributed by atoms with Crippen LogP contribution in [0.15, 0.2) is 0 Å². The Kier molecular flexibility index (Phi) is 7.63. The smallest absolute Gasteiger partial charge is 0.0713 e. The van der Waals surface area contributed by atoms with Crippen LogP contribution in [0.3, 0.4) is 0 Å². The lowest BCUT2D eigenvalue weighted by atomic mass is 10.2. The topological polar surface area (TPSA) is 29.5 Å². The summed E-state index contributed by atoms with van der Waals surface area (Å²) >= 11 is 3.38. The van der Waals surface area contributed by atoms with Crippen LogP contribution in [-0.4, -0.2) is 29.0 Å². The van der Waals surface area contributed by atoms with Gasteiger partial charge in [-0.3, -0.25) is 8.74 Å². The lowest BCUT2D eigenvalue weighted by Gasteiger charge is -2.28. The Morgan fingerprint density at radius 1 is 1.17 bits per heavy atom. The van der Waals surface area contributed by atoms with Crippen LogP contribution in [0.2, 0.25) is 0 Å². The van der Waals surface area contributed by atoms with Gasteiger partial charge in [0.05, 0.1) is 6.61 Å². The summed E-state index contributed by atoms with van der Waals surface area (Å²) in [6.45, 7) is 0.696. The molecule has 0 aromatic heterocycles. The van der Waals surface area contributed by atoms with Crippen LogP contribution in [0.25, 0.3) is 0 Å². The molecule has 0 saturated carbocycles. The van der Waals surface area contributed by atoms with Crippen molar-refractivity contribution in [2.24, 2.45) is 0 Å². The molecule has 12 heavy (non-hydrogen) atoms. The zero-order valence-corrected chi connectivity index (χ0v) is 10.3. The van der Waals surface area contributed by atoms with Crippen LogP contribution in [0.5, 0.6) is 0 Å². The standard InChI is InChI=1S/C8H19BrO2S/c1-12(2,10)11-8-6-4-3-5-7-9/h10H,3-8H2,1-2H3. The molecule has 2 nitrogen and oxygen atoms in total. The molecule has 0 fully saturated rings. The summed E-state index contributed by atoms with van der Waals surface area (Å²) < 4.78 is 14.5. The Balaban J connectivity index is 3.01. The number of unbranched alkanes of at least 4 members (excludes halogenated alkanes) is 3. The molecule has 0 aromatic rings. The first-order valence-corrected chi connectivity index (χ1v) is 7.67. The van der Waals surface area contributed by atoms with Gasteiger partial charge in [0.15, 0.2) is 0 Å². The van der Waals surface area contributed by atoms with Gasteiger partial charge in [-0.2, -0.15) is 10.6 Å². The summed E-state index contributed by atoms with van der Waals surface area (Å²) in [7, 11) is -1.73. The van der Waals surface area contributed by atoms with Crippen LogP contribution < -0.4 is 0 Å². The largest absolute Gasteiger partial charge is 0.300 e. The predicted octanol–water partition coefficient (Wildman–Crippen LogP) is 3.41. The summed E-state index contributed by atoms with van der Waals surface area (Å²) in [4.78, 5) is 0. The van der Waals surface area contributed by atoms with E-state index < -0.39 is 10.6 Å². The number of alkyl halides is 1. The van der Waals surface area contributed by atoms with E-state index in [1.165, 1.54) is 19.3 Å². The molecule has 0 heterocycles. The molecule has 0 spiro atoms. The highest BCUT2D eigenvalue weighted by atomic mass is 79.9. The van der Waals surface area contributed by atoms with E-state index >= 15 is 0 Å². The van der Waals surface area contributed by atoms with E-state index in [9.17, 15) is 4.55 Å². The van der Waals surface area contributed by atoms with Crippen molar-refractivity contribution in [1.29, 1.82) is 0 Å². The first-order valence-electron chi connectivity index (χ1n) is 4.22. The van der Waals surface area contributed by atoms with Crippen LogP contribution >= 0.6 is 26.5 Å².